The zero-order chi connectivity index (χ0) is 22.0. The van der Waals surface area contributed by atoms with Gasteiger partial charge in [0, 0.05) is 24.4 Å². The van der Waals surface area contributed by atoms with Gasteiger partial charge in [-0.2, -0.15) is 5.10 Å². The first-order chi connectivity index (χ1) is 15.0. The van der Waals surface area contributed by atoms with E-state index < -0.39 is 0 Å². The lowest BCUT2D eigenvalue weighted by atomic mass is 10.1. The minimum absolute atomic E-state index is 0.116. The Balaban J connectivity index is 1.79. The van der Waals surface area contributed by atoms with Gasteiger partial charge in [-0.3, -0.25) is 9.69 Å². The number of aromatic nitrogens is 2. The van der Waals surface area contributed by atoms with Crippen molar-refractivity contribution < 1.29 is 9.53 Å². The van der Waals surface area contributed by atoms with Crippen LogP contribution in [0, 0.1) is 0 Å². The highest BCUT2D eigenvalue weighted by molar-refractivity contribution is 8.26. The van der Waals surface area contributed by atoms with E-state index in [1.165, 1.54) is 16.7 Å². The van der Waals surface area contributed by atoms with Crippen LogP contribution in [0.3, 0.4) is 0 Å². The minimum Gasteiger partial charge on any atom is -0.492 e. The molecule has 5 nitrogen and oxygen atoms in total. The third-order valence-electron chi connectivity index (χ3n) is 4.70. The van der Waals surface area contributed by atoms with Crippen LogP contribution in [-0.4, -0.2) is 38.6 Å². The molecule has 1 aliphatic heterocycles. The summed E-state index contributed by atoms with van der Waals surface area (Å²) in [4.78, 5) is 14.6. The van der Waals surface area contributed by atoms with Crippen LogP contribution in [0.1, 0.15) is 18.9 Å². The highest BCUT2D eigenvalue weighted by atomic mass is 35.5. The number of para-hydroxylation sites is 1. The van der Waals surface area contributed by atoms with Gasteiger partial charge in [0.2, 0.25) is 0 Å². The first-order valence-corrected chi connectivity index (χ1v) is 11.4. The van der Waals surface area contributed by atoms with Gasteiger partial charge in [-0.1, -0.05) is 60.7 Å². The molecule has 4 rings (SSSR count). The Morgan fingerprint density at radius 2 is 2.00 bits per heavy atom. The number of thioether (sulfide) groups is 1. The van der Waals surface area contributed by atoms with E-state index >= 15 is 0 Å². The summed E-state index contributed by atoms with van der Waals surface area (Å²) in [5, 5.41) is 5.31. The largest absolute Gasteiger partial charge is 0.492 e. The van der Waals surface area contributed by atoms with E-state index in [9.17, 15) is 4.79 Å². The Morgan fingerprint density at radius 1 is 1.23 bits per heavy atom. The molecule has 2 aromatic carbocycles. The Kier molecular flexibility index (Phi) is 6.46. The molecule has 3 aromatic rings. The summed E-state index contributed by atoms with van der Waals surface area (Å²) in [5.74, 6) is 0.526. The second-order valence-corrected chi connectivity index (χ2v) is 9.03. The fourth-order valence-electron chi connectivity index (χ4n) is 3.09. The molecule has 1 saturated heterocycles. The van der Waals surface area contributed by atoms with Crippen LogP contribution in [0.2, 0.25) is 5.02 Å². The van der Waals surface area contributed by atoms with Crippen LogP contribution in [0.15, 0.2) is 59.6 Å². The number of halogens is 1. The fraction of sp³-hybridized carbons (Fsp3) is 0.174. The second-order valence-electron chi connectivity index (χ2n) is 6.95. The summed E-state index contributed by atoms with van der Waals surface area (Å²) < 4.78 is 8.02. The van der Waals surface area contributed by atoms with Crippen LogP contribution in [-0.2, 0) is 4.79 Å². The first kappa shape index (κ1) is 21.6. The molecule has 158 valence electrons. The van der Waals surface area contributed by atoms with Crippen molar-refractivity contribution in [1.82, 2.24) is 14.7 Å². The third kappa shape index (κ3) is 4.54. The number of carbonyl (C=O) groups excluding carboxylic acids is 1. The van der Waals surface area contributed by atoms with Crippen molar-refractivity contribution in [1.29, 1.82) is 0 Å². The van der Waals surface area contributed by atoms with Crippen LogP contribution >= 0.6 is 35.6 Å². The molecule has 0 N–H and O–H groups in total. The number of amides is 1. The highest BCUT2D eigenvalue weighted by Gasteiger charge is 2.29. The van der Waals surface area contributed by atoms with Crippen molar-refractivity contribution in [2.24, 2.45) is 0 Å². The van der Waals surface area contributed by atoms with Gasteiger partial charge in [-0.25, -0.2) is 4.68 Å². The molecule has 8 heteroatoms. The molecule has 0 atom stereocenters. The van der Waals surface area contributed by atoms with Crippen LogP contribution in [0.4, 0.5) is 0 Å². The third-order valence-corrected chi connectivity index (χ3v) is 6.48. The van der Waals surface area contributed by atoms with Gasteiger partial charge in [-0.05, 0) is 42.8 Å². The number of hydrogen-bond donors (Lipinski definition) is 0. The predicted octanol–water partition coefficient (Wildman–Crippen LogP) is 5.81. The zero-order valence-corrected chi connectivity index (χ0v) is 19.4. The number of likely N-dealkylation sites (N-methyl/N-ethyl adjacent to an activating group) is 1. The number of ether oxygens (including phenoxy) is 1. The summed E-state index contributed by atoms with van der Waals surface area (Å²) in [6, 6.07) is 15.4. The standard InChI is InChI=1S/C23H20ClN3O2S2/c1-3-11-29-19-10-9-15(12-18(19)24)21-16(13-20-22(28)26(2)23(30)31-20)14-27(25-21)17-7-5-4-6-8-17/h4-10,12-14H,3,11H2,1-2H3/b20-13-. The summed E-state index contributed by atoms with van der Waals surface area (Å²) in [6.07, 6.45) is 4.64. The topological polar surface area (TPSA) is 47.4 Å². The van der Waals surface area contributed by atoms with Gasteiger partial charge < -0.3 is 4.74 Å². The van der Waals surface area contributed by atoms with Crippen molar-refractivity contribution in [3.8, 4) is 22.7 Å². The van der Waals surface area contributed by atoms with E-state index in [1.807, 2.05) is 67.7 Å². The molecule has 0 radical (unpaired) electrons. The molecular formula is C23H20ClN3O2S2. The SMILES string of the molecule is CCCOc1ccc(-c2nn(-c3ccccc3)cc2/C=C2\SC(=S)N(C)C2=O)cc1Cl. The van der Waals surface area contributed by atoms with E-state index in [0.29, 0.717) is 32.3 Å². The lowest BCUT2D eigenvalue weighted by Crippen LogP contribution is -2.22. The van der Waals surface area contributed by atoms with Crippen LogP contribution < -0.4 is 4.74 Å². The molecule has 2 heterocycles. The van der Waals surface area contributed by atoms with E-state index in [4.69, 9.17) is 33.7 Å². The molecule has 31 heavy (non-hydrogen) atoms. The van der Waals surface area contributed by atoms with Gasteiger partial charge in [0.25, 0.3) is 5.91 Å². The first-order valence-electron chi connectivity index (χ1n) is 9.77. The summed E-state index contributed by atoms with van der Waals surface area (Å²) in [5.41, 5.74) is 3.27. The number of carbonyl (C=O) groups is 1. The fourth-order valence-corrected chi connectivity index (χ4v) is 4.50. The normalized spacial score (nSPS) is 15.2. The Morgan fingerprint density at radius 3 is 2.65 bits per heavy atom. The Hall–Kier alpha value is -2.61. The smallest absolute Gasteiger partial charge is 0.265 e. The quantitative estimate of drug-likeness (QED) is 0.336. The maximum Gasteiger partial charge on any atom is 0.265 e. The van der Waals surface area contributed by atoms with Crippen molar-refractivity contribution in [3.63, 3.8) is 0 Å². The second kappa shape index (κ2) is 9.26. The summed E-state index contributed by atoms with van der Waals surface area (Å²) >= 11 is 13.0. The monoisotopic (exact) mass is 469 g/mol. The Bertz CT molecular complexity index is 1170. The van der Waals surface area contributed by atoms with Gasteiger partial charge in [0.15, 0.2) is 0 Å². The highest BCUT2D eigenvalue weighted by Crippen LogP contribution is 2.36. The van der Waals surface area contributed by atoms with Gasteiger partial charge in [0.1, 0.15) is 15.8 Å². The number of thiocarbonyl (C=S) groups is 1. The summed E-state index contributed by atoms with van der Waals surface area (Å²) in [7, 11) is 1.68. The van der Waals surface area contributed by atoms with Crippen molar-refractivity contribution in [3.05, 3.63) is 70.2 Å². The van der Waals surface area contributed by atoms with Gasteiger partial charge in [0.05, 0.1) is 22.2 Å². The maximum atomic E-state index is 12.5. The van der Waals surface area contributed by atoms with E-state index in [-0.39, 0.29) is 5.91 Å². The minimum atomic E-state index is -0.116. The Labute approximate surface area is 195 Å². The van der Waals surface area contributed by atoms with Crippen LogP contribution in [0.25, 0.3) is 23.0 Å². The molecule has 0 bridgehead atoms. The molecule has 1 aromatic heterocycles. The number of nitrogens with zero attached hydrogens (tertiary/aromatic N) is 3. The molecule has 0 unspecified atom stereocenters. The van der Waals surface area contributed by atoms with Crippen molar-refractivity contribution in [2.75, 3.05) is 13.7 Å². The molecule has 1 amide bonds. The maximum absolute atomic E-state index is 12.5. The molecule has 0 saturated carbocycles. The average molecular weight is 470 g/mol. The predicted molar refractivity (Wildman–Crippen MR) is 131 cm³/mol. The van der Waals surface area contributed by atoms with Crippen molar-refractivity contribution >= 4 is 51.9 Å². The van der Waals surface area contributed by atoms with E-state index in [0.717, 1.165) is 23.2 Å². The molecular weight excluding hydrogens is 450 g/mol. The molecule has 0 spiro atoms. The average Bonchev–Trinajstić information content (AvgIpc) is 3.30. The number of hydrogen-bond acceptors (Lipinski definition) is 5. The zero-order valence-electron chi connectivity index (χ0n) is 17.0. The lowest BCUT2D eigenvalue weighted by molar-refractivity contribution is -0.121. The number of rotatable bonds is 6. The van der Waals surface area contributed by atoms with Gasteiger partial charge in [-0.15, -0.1) is 0 Å². The molecule has 0 aliphatic carbocycles. The molecule has 1 aliphatic rings. The van der Waals surface area contributed by atoms with Crippen molar-refractivity contribution in [2.45, 2.75) is 13.3 Å². The van der Waals surface area contributed by atoms with E-state index in [1.54, 1.807) is 11.7 Å². The van der Waals surface area contributed by atoms with E-state index in [2.05, 4.69) is 0 Å². The van der Waals surface area contributed by atoms with Crippen LogP contribution in [0.5, 0.6) is 5.75 Å². The molecule has 1 fully saturated rings. The summed E-state index contributed by atoms with van der Waals surface area (Å²) in [6.45, 7) is 2.65. The van der Waals surface area contributed by atoms with Gasteiger partial charge >= 0.3 is 0 Å². The number of benzene rings is 2. The lowest BCUT2D eigenvalue weighted by Gasteiger charge is -2.08.